The fourth-order valence-corrected chi connectivity index (χ4v) is 1.31. The van der Waals surface area contributed by atoms with E-state index in [1.165, 1.54) is 0 Å². The van der Waals surface area contributed by atoms with Crippen LogP contribution in [0.25, 0.3) is 0 Å². The molecule has 0 fully saturated rings. The minimum atomic E-state index is -0.234. The van der Waals surface area contributed by atoms with Crippen LogP contribution in [-0.4, -0.2) is 24.9 Å². The summed E-state index contributed by atoms with van der Waals surface area (Å²) >= 11 is 0. The van der Waals surface area contributed by atoms with Crippen molar-refractivity contribution < 1.29 is 9.59 Å². The molecule has 0 aliphatic heterocycles. The second kappa shape index (κ2) is 8.49. The molecule has 0 saturated heterocycles. The molecular formula is C12H18ClN3O2. The summed E-state index contributed by atoms with van der Waals surface area (Å²) in [5, 5.41) is 5.35. The van der Waals surface area contributed by atoms with Gasteiger partial charge >= 0.3 is 0 Å². The van der Waals surface area contributed by atoms with Crippen LogP contribution in [0.3, 0.4) is 0 Å². The molecule has 0 bridgehead atoms. The number of para-hydroxylation sites is 1. The minimum Gasteiger partial charge on any atom is -0.351 e. The van der Waals surface area contributed by atoms with Gasteiger partial charge in [0, 0.05) is 19.5 Å². The highest BCUT2D eigenvalue weighted by atomic mass is 35.5. The van der Waals surface area contributed by atoms with Gasteiger partial charge in [0.15, 0.2) is 0 Å². The van der Waals surface area contributed by atoms with Crippen molar-refractivity contribution in [3.8, 4) is 0 Å². The van der Waals surface area contributed by atoms with Crippen LogP contribution in [-0.2, 0) is 4.79 Å². The van der Waals surface area contributed by atoms with Gasteiger partial charge in [0.05, 0.1) is 11.3 Å². The Labute approximate surface area is 113 Å². The Hall–Kier alpha value is -1.59. The molecule has 6 heteroatoms. The van der Waals surface area contributed by atoms with E-state index in [-0.39, 0.29) is 24.2 Å². The zero-order valence-corrected chi connectivity index (χ0v) is 11.0. The van der Waals surface area contributed by atoms with Gasteiger partial charge in [-0.25, -0.2) is 0 Å². The first-order chi connectivity index (χ1) is 8.19. The number of benzene rings is 1. The predicted octanol–water partition coefficient (Wildman–Crippen LogP) is 1.15. The number of nitrogens with two attached hydrogens (primary N) is 1. The van der Waals surface area contributed by atoms with Gasteiger partial charge in [-0.05, 0) is 12.1 Å². The summed E-state index contributed by atoms with van der Waals surface area (Å²) in [5.41, 5.74) is 6.28. The number of anilines is 1. The Morgan fingerprint density at radius 3 is 2.56 bits per heavy atom. The Morgan fingerprint density at radius 2 is 1.94 bits per heavy atom. The number of hydrogen-bond donors (Lipinski definition) is 3. The summed E-state index contributed by atoms with van der Waals surface area (Å²) in [6.45, 7) is 2.55. The molecule has 2 amide bonds. The lowest BCUT2D eigenvalue weighted by molar-refractivity contribution is -0.115. The van der Waals surface area contributed by atoms with Gasteiger partial charge in [0.1, 0.15) is 0 Å². The maximum Gasteiger partial charge on any atom is 0.253 e. The minimum absolute atomic E-state index is 0. The zero-order chi connectivity index (χ0) is 12.7. The van der Waals surface area contributed by atoms with Crippen LogP contribution in [0.4, 0.5) is 5.69 Å². The number of hydrogen-bond acceptors (Lipinski definition) is 3. The highest BCUT2D eigenvalue weighted by Gasteiger charge is 2.11. The lowest BCUT2D eigenvalue weighted by Crippen LogP contribution is -2.29. The van der Waals surface area contributed by atoms with Gasteiger partial charge in [-0.15, -0.1) is 12.4 Å². The van der Waals surface area contributed by atoms with Crippen LogP contribution in [0.15, 0.2) is 24.3 Å². The predicted molar refractivity (Wildman–Crippen MR) is 74.0 cm³/mol. The van der Waals surface area contributed by atoms with E-state index in [1.807, 2.05) is 0 Å². The highest BCUT2D eigenvalue weighted by Crippen LogP contribution is 2.14. The zero-order valence-electron chi connectivity index (χ0n) is 10.2. The average Bonchev–Trinajstić information content (AvgIpc) is 2.36. The third kappa shape index (κ3) is 4.73. The van der Waals surface area contributed by atoms with Gasteiger partial charge in [0.2, 0.25) is 5.91 Å². The molecule has 1 aromatic carbocycles. The average molecular weight is 272 g/mol. The number of halogens is 1. The van der Waals surface area contributed by atoms with E-state index in [0.717, 1.165) is 0 Å². The first kappa shape index (κ1) is 16.4. The largest absolute Gasteiger partial charge is 0.351 e. The van der Waals surface area contributed by atoms with Gasteiger partial charge in [-0.1, -0.05) is 19.1 Å². The Kier molecular flexibility index (Phi) is 7.74. The van der Waals surface area contributed by atoms with Crippen LogP contribution >= 0.6 is 12.4 Å². The van der Waals surface area contributed by atoms with E-state index in [1.54, 1.807) is 31.2 Å². The van der Waals surface area contributed by atoms with Gasteiger partial charge in [-0.3, -0.25) is 9.59 Å². The first-order valence-corrected chi connectivity index (χ1v) is 5.56. The second-order valence-electron chi connectivity index (χ2n) is 3.49. The number of amides is 2. The topological polar surface area (TPSA) is 84.2 Å². The van der Waals surface area contributed by atoms with Crippen molar-refractivity contribution in [1.29, 1.82) is 0 Å². The molecule has 0 saturated carbocycles. The lowest BCUT2D eigenvalue weighted by Gasteiger charge is -2.10. The highest BCUT2D eigenvalue weighted by molar-refractivity contribution is 6.03. The van der Waals surface area contributed by atoms with Crippen molar-refractivity contribution in [3.05, 3.63) is 29.8 Å². The summed E-state index contributed by atoms with van der Waals surface area (Å²) < 4.78 is 0. The molecule has 1 rings (SSSR count). The molecule has 0 unspecified atom stereocenters. The first-order valence-electron chi connectivity index (χ1n) is 5.56. The van der Waals surface area contributed by atoms with Gasteiger partial charge in [-0.2, -0.15) is 0 Å². The van der Waals surface area contributed by atoms with E-state index in [9.17, 15) is 9.59 Å². The van der Waals surface area contributed by atoms with Crippen LogP contribution in [0.1, 0.15) is 23.7 Å². The summed E-state index contributed by atoms with van der Waals surface area (Å²) in [7, 11) is 0. The monoisotopic (exact) mass is 271 g/mol. The van der Waals surface area contributed by atoms with Crippen molar-refractivity contribution in [1.82, 2.24) is 5.32 Å². The molecule has 0 heterocycles. The van der Waals surface area contributed by atoms with E-state index in [4.69, 9.17) is 5.73 Å². The fraction of sp³-hybridized carbons (Fsp3) is 0.333. The smallest absolute Gasteiger partial charge is 0.253 e. The number of rotatable bonds is 5. The summed E-state index contributed by atoms with van der Waals surface area (Å²) in [5.74, 6) is -0.355. The van der Waals surface area contributed by atoms with Crippen molar-refractivity contribution in [2.75, 3.05) is 18.4 Å². The van der Waals surface area contributed by atoms with Crippen LogP contribution in [0.2, 0.25) is 0 Å². The molecule has 0 radical (unpaired) electrons. The van der Waals surface area contributed by atoms with E-state index < -0.39 is 0 Å². The quantitative estimate of drug-likeness (QED) is 0.751. The third-order valence-electron chi connectivity index (χ3n) is 2.20. The van der Waals surface area contributed by atoms with E-state index in [2.05, 4.69) is 10.6 Å². The maximum atomic E-state index is 11.8. The molecule has 0 spiro atoms. The number of carbonyl (C=O) groups excluding carboxylic acids is 2. The molecule has 0 aromatic heterocycles. The lowest BCUT2D eigenvalue weighted by atomic mass is 10.1. The van der Waals surface area contributed by atoms with Crippen LogP contribution in [0, 0.1) is 0 Å². The molecule has 5 nitrogen and oxygen atoms in total. The van der Waals surface area contributed by atoms with E-state index >= 15 is 0 Å². The Bertz CT molecular complexity index is 410. The molecule has 18 heavy (non-hydrogen) atoms. The fourth-order valence-electron chi connectivity index (χ4n) is 1.31. The molecule has 0 aliphatic rings. The molecule has 0 atom stereocenters. The number of carbonyl (C=O) groups is 2. The Morgan fingerprint density at radius 1 is 1.28 bits per heavy atom. The molecule has 0 aliphatic carbocycles. The van der Waals surface area contributed by atoms with Crippen molar-refractivity contribution in [2.24, 2.45) is 5.73 Å². The maximum absolute atomic E-state index is 11.8. The van der Waals surface area contributed by atoms with Crippen LogP contribution in [0.5, 0.6) is 0 Å². The normalized spacial score (nSPS) is 9.22. The van der Waals surface area contributed by atoms with Crippen LogP contribution < -0.4 is 16.4 Å². The number of nitrogens with one attached hydrogen (secondary N) is 2. The standard InChI is InChI=1S/C12H17N3O2.ClH/c1-2-11(16)15-10-6-4-3-5-9(10)12(17)14-8-7-13;/h3-6H,2,7-8,13H2,1H3,(H,14,17)(H,15,16);1H. The third-order valence-corrected chi connectivity index (χ3v) is 2.20. The van der Waals surface area contributed by atoms with Gasteiger partial charge in [0.25, 0.3) is 5.91 Å². The van der Waals surface area contributed by atoms with Crippen molar-refractivity contribution in [3.63, 3.8) is 0 Å². The summed E-state index contributed by atoms with van der Waals surface area (Å²) in [6, 6.07) is 6.88. The molecule has 100 valence electrons. The summed E-state index contributed by atoms with van der Waals surface area (Å²) in [4.78, 5) is 23.1. The Balaban J connectivity index is 0.00000289. The van der Waals surface area contributed by atoms with Crippen molar-refractivity contribution >= 4 is 29.9 Å². The summed E-state index contributed by atoms with van der Waals surface area (Å²) in [6.07, 6.45) is 0.374. The SMILES string of the molecule is CCC(=O)Nc1ccccc1C(=O)NCCN.Cl. The molecule has 1 aromatic rings. The van der Waals surface area contributed by atoms with Gasteiger partial charge < -0.3 is 16.4 Å². The molecular weight excluding hydrogens is 254 g/mol. The molecule has 4 N–H and O–H groups in total. The second-order valence-corrected chi connectivity index (χ2v) is 3.49. The van der Waals surface area contributed by atoms with E-state index in [0.29, 0.717) is 30.8 Å². The van der Waals surface area contributed by atoms with Crippen molar-refractivity contribution in [2.45, 2.75) is 13.3 Å².